The van der Waals surface area contributed by atoms with Crippen molar-refractivity contribution < 1.29 is 8.42 Å². The van der Waals surface area contributed by atoms with E-state index < -0.39 is 10.0 Å². The van der Waals surface area contributed by atoms with Gasteiger partial charge in [-0.1, -0.05) is 0 Å². The standard InChI is InChI=1S/C14H16N2O2S2/c17-20(18,16-13-1-2-13)14-5-3-12(4-6-14)15-9-11-7-8-19-10-11/h3-8,10,13,15-16H,1-2,9H2. The third kappa shape index (κ3) is 3.39. The Morgan fingerprint density at radius 3 is 2.50 bits per heavy atom. The number of benzene rings is 1. The van der Waals surface area contributed by atoms with Crippen molar-refractivity contribution in [2.45, 2.75) is 30.3 Å². The van der Waals surface area contributed by atoms with Crippen molar-refractivity contribution >= 4 is 27.0 Å². The van der Waals surface area contributed by atoms with Crippen molar-refractivity contribution in [2.24, 2.45) is 0 Å². The quantitative estimate of drug-likeness (QED) is 0.863. The van der Waals surface area contributed by atoms with Gasteiger partial charge in [-0.05, 0) is 59.5 Å². The number of sulfonamides is 1. The van der Waals surface area contributed by atoms with Gasteiger partial charge in [-0.15, -0.1) is 0 Å². The maximum Gasteiger partial charge on any atom is 0.240 e. The summed E-state index contributed by atoms with van der Waals surface area (Å²) in [4.78, 5) is 0.325. The van der Waals surface area contributed by atoms with E-state index in [1.54, 1.807) is 35.6 Å². The number of rotatable bonds is 6. The highest BCUT2D eigenvalue weighted by Gasteiger charge is 2.27. The third-order valence-electron chi connectivity index (χ3n) is 3.14. The van der Waals surface area contributed by atoms with Crippen LogP contribution in [0.15, 0.2) is 46.0 Å². The summed E-state index contributed by atoms with van der Waals surface area (Å²) < 4.78 is 26.7. The topological polar surface area (TPSA) is 58.2 Å². The van der Waals surface area contributed by atoms with Gasteiger partial charge in [0.25, 0.3) is 0 Å². The van der Waals surface area contributed by atoms with Crippen LogP contribution < -0.4 is 10.0 Å². The first-order chi connectivity index (χ1) is 9.63. The van der Waals surface area contributed by atoms with E-state index in [0.29, 0.717) is 4.90 Å². The monoisotopic (exact) mass is 308 g/mol. The fourth-order valence-electron chi connectivity index (χ4n) is 1.84. The zero-order valence-electron chi connectivity index (χ0n) is 10.9. The predicted octanol–water partition coefficient (Wildman–Crippen LogP) is 2.80. The van der Waals surface area contributed by atoms with Crippen molar-refractivity contribution in [3.8, 4) is 0 Å². The van der Waals surface area contributed by atoms with Gasteiger partial charge in [-0.2, -0.15) is 11.3 Å². The molecule has 106 valence electrons. The molecule has 0 radical (unpaired) electrons. The van der Waals surface area contributed by atoms with Crippen LogP contribution in [0.1, 0.15) is 18.4 Å². The molecule has 1 heterocycles. The van der Waals surface area contributed by atoms with Crippen molar-refractivity contribution in [1.82, 2.24) is 4.72 Å². The summed E-state index contributed by atoms with van der Waals surface area (Å²) >= 11 is 1.66. The first-order valence-electron chi connectivity index (χ1n) is 6.51. The van der Waals surface area contributed by atoms with E-state index in [1.165, 1.54) is 5.56 Å². The van der Waals surface area contributed by atoms with Crippen molar-refractivity contribution in [3.63, 3.8) is 0 Å². The van der Waals surface area contributed by atoms with Crippen LogP contribution in [0.4, 0.5) is 5.69 Å². The zero-order chi connectivity index (χ0) is 14.0. The van der Waals surface area contributed by atoms with Gasteiger partial charge >= 0.3 is 0 Å². The lowest BCUT2D eigenvalue weighted by Gasteiger charge is -2.08. The highest BCUT2D eigenvalue weighted by atomic mass is 32.2. The van der Waals surface area contributed by atoms with Crippen LogP contribution in [0.2, 0.25) is 0 Å². The Morgan fingerprint density at radius 2 is 1.90 bits per heavy atom. The lowest BCUT2D eigenvalue weighted by atomic mass is 10.3. The molecule has 0 atom stereocenters. The summed E-state index contributed by atoms with van der Waals surface area (Å²) in [5.41, 5.74) is 2.14. The first-order valence-corrected chi connectivity index (χ1v) is 8.93. The smallest absolute Gasteiger partial charge is 0.240 e. The zero-order valence-corrected chi connectivity index (χ0v) is 12.5. The highest BCUT2D eigenvalue weighted by Crippen LogP contribution is 2.23. The van der Waals surface area contributed by atoms with Gasteiger partial charge in [-0.3, -0.25) is 0 Å². The maximum absolute atomic E-state index is 12.0. The number of anilines is 1. The Bertz CT molecular complexity index is 660. The Kier molecular flexibility index (Phi) is 3.78. The molecule has 1 aliphatic carbocycles. The molecule has 1 aromatic carbocycles. The average molecular weight is 308 g/mol. The van der Waals surface area contributed by atoms with E-state index in [4.69, 9.17) is 0 Å². The molecule has 0 spiro atoms. The lowest BCUT2D eigenvalue weighted by Crippen LogP contribution is -2.25. The molecule has 1 aliphatic rings. The fraction of sp³-hybridized carbons (Fsp3) is 0.286. The molecule has 2 aromatic rings. The van der Waals surface area contributed by atoms with Crippen molar-refractivity contribution in [2.75, 3.05) is 5.32 Å². The van der Waals surface area contributed by atoms with Crippen LogP contribution in [0.5, 0.6) is 0 Å². The normalized spacial score (nSPS) is 15.2. The molecule has 0 saturated heterocycles. The van der Waals surface area contributed by atoms with Crippen LogP contribution in [-0.4, -0.2) is 14.5 Å². The molecule has 0 unspecified atom stereocenters. The molecule has 3 rings (SSSR count). The fourth-order valence-corrected chi connectivity index (χ4v) is 3.81. The molecule has 0 amide bonds. The lowest BCUT2D eigenvalue weighted by molar-refractivity contribution is 0.581. The molecule has 6 heteroatoms. The second kappa shape index (κ2) is 5.55. The molecule has 1 fully saturated rings. The van der Waals surface area contributed by atoms with E-state index in [2.05, 4.69) is 21.5 Å². The van der Waals surface area contributed by atoms with Gasteiger partial charge < -0.3 is 5.32 Å². The van der Waals surface area contributed by atoms with E-state index in [9.17, 15) is 8.42 Å². The first kappa shape index (κ1) is 13.6. The third-order valence-corrected chi connectivity index (χ3v) is 5.41. The molecule has 0 aliphatic heterocycles. The second-order valence-electron chi connectivity index (χ2n) is 4.91. The largest absolute Gasteiger partial charge is 0.381 e. The van der Waals surface area contributed by atoms with Crippen LogP contribution in [0.25, 0.3) is 0 Å². The van der Waals surface area contributed by atoms with Gasteiger partial charge in [-0.25, -0.2) is 13.1 Å². The van der Waals surface area contributed by atoms with Crippen LogP contribution in [0.3, 0.4) is 0 Å². The Balaban J connectivity index is 1.64. The van der Waals surface area contributed by atoms with Gasteiger partial charge in [0, 0.05) is 18.3 Å². The van der Waals surface area contributed by atoms with Crippen LogP contribution in [-0.2, 0) is 16.6 Å². The van der Waals surface area contributed by atoms with Gasteiger partial charge in [0.15, 0.2) is 0 Å². The predicted molar refractivity (Wildman–Crippen MR) is 81.4 cm³/mol. The Morgan fingerprint density at radius 1 is 1.15 bits per heavy atom. The molecule has 4 nitrogen and oxygen atoms in total. The summed E-state index contributed by atoms with van der Waals surface area (Å²) in [6.07, 6.45) is 1.89. The number of thiophene rings is 1. The van der Waals surface area contributed by atoms with Gasteiger partial charge in [0.1, 0.15) is 0 Å². The molecule has 1 aromatic heterocycles. The number of hydrogen-bond acceptors (Lipinski definition) is 4. The minimum absolute atomic E-state index is 0.136. The molecule has 20 heavy (non-hydrogen) atoms. The SMILES string of the molecule is O=S(=O)(NC1CC1)c1ccc(NCc2ccsc2)cc1. The Labute approximate surface area is 122 Å². The summed E-state index contributed by atoms with van der Waals surface area (Å²) in [5.74, 6) is 0. The number of hydrogen-bond donors (Lipinski definition) is 2. The van der Waals surface area contributed by atoms with E-state index in [0.717, 1.165) is 25.1 Å². The highest BCUT2D eigenvalue weighted by molar-refractivity contribution is 7.89. The van der Waals surface area contributed by atoms with Crippen molar-refractivity contribution in [3.05, 3.63) is 46.7 Å². The average Bonchev–Trinajstić information content (AvgIpc) is 3.08. The van der Waals surface area contributed by atoms with Crippen molar-refractivity contribution in [1.29, 1.82) is 0 Å². The minimum Gasteiger partial charge on any atom is -0.381 e. The Hall–Kier alpha value is -1.37. The summed E-state index contributed by atoms with van der Waals surface area (Å²) in [7, 11) is -3.35. The van der Waals surface area contributed by atoms with E-state index >= 15 is 0 Å². The summed E-state index contributed by atoms with van der Waals surface area (Å²) in [6, 6.07) is 9.08. The summed E-state index contributed by atoms with van der Waals surface area (Å²) in [5, 5.41) is 7.40. The minimum atomic E-state index is -3.35. The van der Waals surface area contributed by atoms with Gasteiger partial charge in [0.2, 0.25) is 10.0 Å². The molecular formula is C14H16N2O2S2. The second-order valence-corrected chi connectivity index (χ2v) is 7.40. The molecular weight excluding hydrogens is 292 g/mol. The molecule has 2 N–H and O–H groups in total. The van der Waals surface area contributed by atoms with Crippen LogP contribution >= 0.6 is 11.3 Å². The van der Waals surface area contributed by atoms with E-state index in [-0.39, 0.29) is 6.04 Å². The van der Waals surface area contributed by atoms with Gasteiger partial charge in [0.05, 0.1) is 4.90 Å². The maximum atomic E-state index is 12.0. The number of nitrogens with one attached hydrogen (secondary N) is 2. The van der Waals surface area contributed by atoms with E-state index in [1.807, 2.05) is 5.38 Å². The van der Waals surface area contributed by atoms with Crippen LogP contribution in [0, 0.1) is 0 Å². The molecule has 0 bridgehead atoms. The summed E-state index contributed by atoms with van der Waals surface area (Å²) in [6.45, 7) is 0.746. The molecule has 1 saturated carbocycles.